The van der Waals surface area contributed by atoms with E-state index >= 15 is 0 Å². The number of anilines is 1. The van der Waals surface area contributed by atoms with Crippen molar-refractivity contribution in [3.63, 3.8) is 0 Å². The second-order valence-corrected chi connectivity index (χ2v) is 4.33. The van der Waals surface area contributed by atoms with E-state index in [4.69, 9.17) is 5.73 Å². The first-order valence-electron chi connectivity index (χ1n) is 4.79. The van der Waals surface area contributed by atoms with Gasteiger partial charge in [0.2, 0.25) is 0 Å². The van der Waals surface area contributed by atoms with Gasteiger partial charge in [-0.05, 0) is 24.3 Å². The number of nitrogens with zero attached hydrogens (tertiary/aromatic N) is 1. The Kier molecular flexibility index (Phi) is 3.19. The Morgan fingerprint density at radius 2 is 2.06 bits per heavy atom. The first-order valence-corrected chi connectivity index (χ1v) is 5.58. The molecule has 0 spiro atoms. The first-order chi connectivity index (χ1) is 8.09. The Bertz CT molecular complexity index is 586. The largest absolute Gasteiger partial charge is 0.398 e. The highest BCUT2D eigenvalue weighted by molar-refractivity contribution is 9.10. The Hall–Kier alpha value is -1.75. The molecule has 5 heteroatoms. The molecule has 2 rings (SSSR count). The smallest absolute Gasteiger partial charge is 0.198 e. The number of rotatable bonds is 2. The Morgan fingerprint density at radius 1 is 1.29 bits per heavy atom. The lowest BCUT2D eigenvalue weighted by molar-refractivity contribution is 0.103. The highest BCUT2D eigenvalue weighted by Crippen LogP contribution is 2.22. The Morgan fingerprint density at radius 3 is 2.76 bits per heavy atom. The molecule has 0 bridgehead atoms. The zero-order valence-electron chi connectivity index (χ0n) is 8.65. The van der Waals surface area contributed by atoms with Crippen molar-refractivity contribution in [2.24, 2.45) is 0 Å². The Labute approximate surface area is 106 Å². The fourth-order valence-electron chi connectivity index (χ4n) is 1.43. The molecule has 0 saturated carbocycles. The molecule has 86 valence electrons. The third-order valence-corrected chi connectivity index (χ3v) is 2.77. The van der Waals surface area contributed by atoms with Crippen LogP contribution in [0.4, 0.5) is 10.1 Å². The second-order valence-electron chi connectivity index (χ2n) is 3.42. The molecule has 0 aliphatic carbocycles. The molecule has 0 unspecified atom stereocenters. The molecule has 2 aromatic rings. The van der Waals surface area contributed by atoms with E-state index in [1.165, 1.54) is 12.3 Å². The minimum absolute atomic E-state index is 0.0372. The van der Waals surface area contributed by atoms with Gasteiger partial charge >= 0.3 is 0 Å². The Balaban J connectivity index is 2.51. The third-order valence-electron chi connectivity index (χ3n) is 2.28. The molecule has 1 aromatic carbocycles. The number of ketones is 1. The molecular weight excluding hydrogens is 287 g/mol. The first kappa shape index (κ1) is 11.7. The van der Waals surface area contributed by atoms with Crippen LogP contribution in [0.3, 0.4) is 0 Å². The van der Waals surface area contributed by atoms with Gasteiger partial charge in [-0.3, -0.25) is 9.78 Å². The number of halogens is 2. The molecule has 0 amide bonds. The summed E-state index contributed by atoms with van der Waals surface area (Å²) in [5, 5.41) is 0. The van der Waals surface area contributed by atoms with Crippen molar-refractivity contribution in [3.8, 4) is 0 Å². The number of benzene rings is 1. The fourth-order valence-corrected chi connectivity index (χ4v) is 1.79. The third kappa shape index (κ3) is 2.34. The van der Waals surface area contributed by atoms with Crippen molar-refractivity contribution >= 4 is 27.4 Å². The number of carbonyl (C=O) groups is 1. The number of hydrogen-bond acceptors (Lipinski definition) is 3. The maximum Gasteiger partial charge on any atom is 0.198 e. The van der Waals surface area contributed by atoms with Gasteiger partial charge in [-0.25, -0.2) is 4.39 Å². The zero-order chi connectivity index (χ0) is 12.4. The lowest BCUT2D eigenvalue weighted by Crippen LogP contribution is -2.07. The second kappa shape index (κ2) is 4.63. The summed E-state index contributed by atoms with van der Waals surface area (Å²) in [4.78, 5) is 15.7. The van der Waals surface area contributed by atoms with Gasteiger partial charge in [0, 0.05) is 21.9 Å². The van der Waals surface area contributed by atoms with Crippen molar-refractivity contribution in [3.05, 3.63) is 58.1 Å². The highest BCUT2D eigenvalue weighted by Gasteiger charge is 2.16. The van der Waals surface area contributed by atoms with E-state index in [1.807, 2.05) is 0 Å². The molecule has 0 fully saturated rings. The topological polar surface area (TPSA) is 56.0 Å². The van der Waals surface area contributed by atoms with E-state index in [-0.39, 0.29) is 11.1 Å². The zero-order valence-corrected chi connectivity index (χ0v) is 10.2. The van der Waals surface area contributed by atoms with Crippen LogP contribution in [-0.4, -0.2) is 10.8 Å². The van der Waals surface area contributed by atoms with Crippen LogP contribution >= 0.6 is 15.9 Å². The molecule has 0 radical (unpaired) electrons. The van der Waals surface area contributed by atoms with Gasteiger partial charge in [0.25, 0.3) is 0 Å². The van der Waals surface area contributed by atoms with E-state index in [1.54, 1.807) is 18.2 Å². The molecule has 0 aliphatic rings. The van der Waals surface area contributed by atoms with Crippen LogP contribution in [0.1, 0.15) is 15.9 Å². The molecule has 3 nitrogen and oxygen atoms in total. The van der Waals surface area contributed by atoms with Crippen molar-refractivity contribution < 1.29 is 9.18 Å². The molecule has 0 aliphatic heterocycles. The van der Waals surface area contributed by atoms with E-state index in [9.17, 15) is 9.18 Å². The predicted octanol–water partition coefficient (Wildman–Crippen LogP) is 2.80. The highest BCUT2D eigenvalue weighted by atomic mass is 79.9. The molecular formula is C12H8BrFN2O. The monoisotopic (exact) mass is 294 g/mol. The van der Waals surface area contributed by atoms with Crippen molar-refractivity contribution in [2.75, 3.05) is 5.73 Å². The molecule has 17 heavy (non-hydrogen) atoms. The maximum atomic E-state index is 13.4. The molecule has 2 N–H and O–H groups in total. The molecule has 1 aromatic heterocycles. The van der Waals surface area contributed by atoms with Crippen LogP contribution in [0.5, 0.6) is 0 Å². The van der Waals surface area contributed by atoms with Gasteiger partial charge in [-0.2, -0.15) is 0 Å². The van der Waals surface area contributed by atoms with E-state index < -0.39 is 11.6 Å². The van der Waals surface area contributed by atoms with Gasteiger partial charge in [0.15, 0.2) is 11.6 Å². The number of hydrogen-bond donors (Lipinski definition) is 1. The average molecular weight is 295 g/mol. The summed E-state index contributed by atoms with van der Waals surface area (Å²) in [6.07, 6.45) is 2.37. The maximum absolute atomic E-state index is 13.4. The van der Waals surface area contributed by atoms with Gasteiger partial charge in [0.05, 0.1) is 11.8 Å². The lowest BCUT2D eigenvalue weighted by atomic mass is 10.0. The van der Waals surface area contributed by atoms with Crippen molar-refractivity contribution in [2.45, 2.75) is 0 Å². The normalized spacial score (nSPS) is 10.2. The van der Waals surface area contributed by atoms with Crippen LogP contribution < -0.4 is 5.73 Å². The van der Waals surface area contributed by atoms with Crippen LogP contribution in [0, 0.1) is 5.82 Å². The molecule has 1 heterocycles. The average Bonchev–Trinajstić information content (AvgIpc) is 2.32. The van der Waals surface area contributed by atoms with Crippen LogP contribution in [-0.2, 0) is 0 Å². The SMILES string of the molecule is Nc1ccc(Br)cc1C(=O)c1ccncc1F. The summed E-state index contributed by atoms with van der Waals surface area (Å²) in [7, 11) is 0. The van der Waals surface area contributed by atoms with Crippen molar-refractivity contribution in [1.29, 1.82) is 0 Å². The van der Waals surface area contributed by atoms with Gasteiger partial charge in [0.1, 0.15) is 0 Å². The van der Waals surface area contributed by atoms with E-state index in [0.29, 0.717) is 10.2 Å². The summed E-state index contributed by atoms with van der Waals surface area (Å²) in [6.45, 7) is 0. The van der Waals surface area contributed by atoms with Gasteiger partial charge in [-0.15, -0.1) is 0 Å². The number of carbonyl (C=O) groups excluding carboxylic acids is 1. The van der Waals surface area contributed by atoms with E-state index in [0.717, 1.165) is 6.20 Å². The van der Waals surface area contributed by atoms with Crippen LogP contribution in [0.15, 0.2) is 41.1 Å². The summed E-state index contributed by atoms with van der Waals surface area (Å²) < 4.78 is 14.1. The molecule has 0 saturated heterocycles. The number of aromatic nitrogens is 1. The van der Waals surface area contributed by atoms with Gasteiger partial charge < -0.3 is 5.73 Å². The molecule has 0 atom stereocenters. The summed E-state index contributed by atoms with van der Waals surface area (Å²) >= 11 is 3.24. The predicted molar refractivity (Wildman–Crippen MR) is 66.2 cm³/mol. The van der Waals surface area contributed by atoms with E-state index in [2.05, 4.69) is 20.9 Å². The lowest BCUT2D eigenvalue weighted by Gasteiger charge is -2.06. The standard InChI is InChI=1S/C12H8BrFN2O/c13-7-1-2-11(15)9(5-7)12(17)8-3-4-16-6-10(8)14/h1-6H,15H2. The summed E-state index contributed by atoms with van der Waals surface area (Å²) in [5.41, 5.74) is 6.24. The minimum Gasteiger partial charge on any atom is -0.398 e. The van der Waals surface area contributed by atoms with Crippen LogP contribution in [0.25, 0.3) is 0 Å². The van der Waals surface area contributed by atoms with Gasteiger partial charge in [-0.1, -0.05) is 15.9 Å². The summed E-state index contributed by atoms with van der Waals surface area (Å²) in [5.74, 6) is -1.11. The van der Waals surface area contributed by atoms with Crippen molar-refractivity contribution in [1.82, 2.24) is 4.98 Å². The van der Waals surface area contributed by atoms with Crippen LogP contribution in [0.2, 0.25) is 0 Å². The summed E-state index contributed by atoms with van der Waals surface area (Å²) in [6, 6.07) is 6.21. The number of nitrogens with two attached hydrogens (primary N) is 1. The minimum atomic E-state index is -0.656. The quantitative estimate of drug-likeness (QED) is 0.684. The number of nitrogen functional groups attached to an aromatic ring is 1. The number of pyridine rings is 1. The fraction of sp³-hybridized carbons (Fsp3) is 0.